The number of carbonyl (C=O) groups excluding carboxylic acids is 1. The van der Waals surface area contributed by atoms with E-state index in [4.69, 9.17) is 10.5 Å². The van der Waals surface area contributed by atoms with Gasteiger partial charge < -0.3 is 15.8 Å². The molecule has 2 atom stereocenters. The number of hydrogen-bond donors (Lipinski definition) is 2. The Balaban J connectivity index is 0.00000264. The van der Waals surface area contributed by atoms with Crippen molar-refractivity contribution in [3.05, 3.63) is 29.8 Å². The molecule has 1 aliphatic rings. The van der Waals surface area contributed by atoms with Gasteiger partial charge in [-0.05, 0) is 37.8 Å². The Morgan fingerprint density at radius 2 is 2.00 bits per heavy atom. The van der Waals surface area contributed by atoms with E-state index in [0.29, 0.717) is 12.5 Å². The highest BCUT2D eigenvalue weighted by Gasteiger charge is 2.35. The van der Waals surface area contributed by atoms with Crippen LogP contribution in [0.5, 0.6) is 5.75 Å². The zero-order valence-corrected chi connectivity index (χ0v) is 13.4. The van der Waals surface area contributed by atoms with Crippen LogP contribution in [0.25, 0.3) is 0 Å². The largest absolute Gasteiger partial charge is 0.480 e. The molecule has 3 N–H and O–H groups in total. The fraction of sp³-hybridized carbons (Fsp3) is 0.533. The van der Waals surface area contributed by atoms with E-state index in [-0.39, 0.29) is 24.2 Å². The number of amides is 1. The molecule has 1 aliphatic carbocycles. The van der Waals surface area contributed by atoms with E-state index in [0.717, 1.165) is 18.9 Å². The molecule has 0 saturated heterocycles. The second kappa shape index (κ2) is 7.88. The second-order valence-electron chi connectivity index (χ2n) is 5.50. The lowest BCUT2D eigenvalue weighted by Crippen LogP contribution is -2.43. The van der Waals surface area contributed by atoms with Crippen LogP contribution < -0.4 is 15.8 Å². The van der Waals surface area contributed by atoms with Crippen LogP contribution in [0.1, 0.15) is 25.3 Å². The van der Waals surface area contributed by atoms with Crippen molar-refractivity contribution >= 4 is 18.3 Å². The van der Waals surface area contributed by atoms with Gasteiger partial charge in [0.25, 0.3) is 5.91 Å². The molecule has 0 radical (unpaired) electrons. The van der Waals surface area contributed by atoms with Crippen LogP contribution >= 0.6 is 12.4 Å². The molecular weight excluding hydrogens is 333 g/mol. The van der Waals surface area contributed by atoms with Crippen molar-refractivity contribution in [1.29, 1.82) is 0 Å². The summed E-state index contributed by atoms with van der Waals surface area (Å²) in [5.41, 5.74) is 4.96. The maximum absolute atomic E-state index is 12.9. The average Bonchev–Trinajstić information content (AvgIpc) is 3.28. The number of carbonyl (C=O) groups is 1. The van der Waals surface area contributed by atoms with E-state index in [9.17, 15) is 18.0 Å². The molecule has 23 heavy (non-hydrogen) atoms. The Hall–Kier alpha value is -1.47. The zero-order chi connectivity index (χ0) is 16.3. The van der Waals surface area contributed by atoms with Crippen molar-refractivity contribution in [1.82, 2.24) is 5.32 Å². The highest BCUT2D eigenvalue weighted by atomic mass is 35.5. The fourth-order valence-corrected chi connectivity index (χ4v) is 2.10. The van der Waals surface area contributed by atoms with Crippen LogP contribution in [-0.2, 0) is 11.0 Å². The van der Waals surface area contributed by atoms with Crippen LogP contribution in [-0.4, -0.2) is 24.6 Å². The monoisotopic (exact) mass is 352 g/mol. The van der Waals surface area contributed by atoms with Crippen molar-refractivity contribution in [2.45, 2.75) is 38.1 Å². The van der Waals surface area contributed by atoms with Gasteiger partial charge in [-0.15, -0.1) is 12.4 Å². The molecule has 0 aliphatic heterocycles. The standard InChI is InChI=1S/C15H19F3N2O2.ClH/c1-9(14(21)20-8-12(19)10-6-7-10)22-13-5-3-2-4-11(13)15(16,17)18;/h2-5,9-10,12H,6-8,19H2,1H3,(H,20,21);1H. The van der Waals surface area contributed by atoms with Crippen molar-refractivity contribution in [2.24, 2.45) is 11.7 Å². The van der Waals surface area contributed by atoms with Gasteiger partial charge >= 0.3 is 6.18 Å². The molecule has 1 fully saturated rings. The van der Waals surface area contributed by atoms with Crippen molar-refractivity contribution in [2.75, 3.05) is 6.54 Å². The summed E-state index contributed by atoms with van der Waals surface area (Å²) in [4.78, 5) is 11.9. The number of para-hydroxylation sites is 1. The molecule has 1 aromatic rings. The zero-order valence-electron chi connectivity index (χ0n) is 12.6. The molecule has 130 valence electrons. The molecule has 0 bridgehead atoms. The third kappa shape index (κ3) is 5.58. The van der Waals surface area contributed by atoms with E-state index < -0.39 is 23.8 Å². The maximum atomic E-state index is 12.9. The van der Waals surface area contributed by atoms with Crippen molar-refractivity contribution in [3.63, 3.8) is 0 Å². The van der Waals surface area contributed by atoms with Gasteiger partial charge in [0, 0.05) is 12.6 Å². The summed E-state index contributed by atoms with van der Waals surface area (Å²) >= 11 is 0. The first-order valence-corrected chi connectivity index (χ1v) is 7.15. The molecule has 2 unspecified atom stereocenters. The minimum Gasteiger partial charge on any atom is -0.480 e. The lowest BCUT2D eigenvalue weighted by Gasteiger charge is -2.19. The van der Waals surface area contributed by atoms with Crippen LogP contribution in [0.15, 0.2) is 24.3 Å². The van der Waals surface area contributed by atoms with E-state index in [1.807, 2.05) is 0 Å². The Bertz CT molecular complexity index is 536. The van der Waals surface area contributed by atoms with Gasteiger partial charge in [0.2, 0.25) is 0 Å². The van der Waals surface area contributed by atoms with E-state index in [2.05, 4.69) is 5.32 Å². The predicted octanol–water partition coefficient (Wildman–Crippen LogP) is 2.75. The minimum atomic E-state index is -4.53. The first-order valence-electron chi connectivity index (χ1n) is 7.15. The van der Waals surface area contributed by atoms with Crippen LogP contribution in [0.2, 0.25) is 0 Å². The summed E-state index contributed by atoms with van der Waals surface area (Å²) in [6, 6.07) is 4.71. The SMILES string of the molecule is CC(Oc1ccccc1C(F)(F)F)C(=O)NCC(N)C1CC1.Cl. The van der Waals surface area contributed by atoms with Crippen LogP contribution in [0.3, 0.4) is 0 Å². The van der Waals surface area contributed by atoms with E-state index in [1.165, 1.54) is 25.1 Å². The third-order valence-electron chi connectivity index (χ3n) is 3.60. The molecule has 1 saturated carbocycles. The quantitative estimate of drug-likeness (QED) is 0.827. The molecule has 4 nitrogen and oxygen atoms in total. The summed E-state index contributed by atoms with van der Waals surface area (Å²) in [6.45, 7) is 1.71. The van der Waals surface area contributed by atoms with Gasteiger partial charge in [-0.3, -0.25) is 4.79 Å². The molecular formula is C15H20ClF3N2O2. The fourth-order valence-electron chi connectivity index (χ4n) is 2.10. The van der Waals surface area contributed by atoms with Gasteiger partial charge in [0.1, 0.15) is 5.75 Å². The number of nitrogens with one attached hydrogen (secondary N) is 1. The second-order valence-corrected chi connectivity index (χ2v) is 5.50. The van der Waals surface area contributed by atoms with Gasteiger partial charge in [-0.1, -0.05) is 12.1 Å². The van der Waals surface area contributed by atoms with Crippen molar-refractivity contribution < 1.29 is 22.7 Å². The van der Waals surface area contributed by atoms with E-state index >= 15 is 0 Å². The summed E-state index contributed by atoms with van der Waals surface area (Å²) in [6.07, 6.45) is -3.44. The smallest absolute Gasteiger partial charge is 0.419 e. The minimum absolute atomic E-state index is 0. The average molecular weight is 353 g/mol. The lowest BCUT2D eigenvalue weighted by molar-refractivity contribution is -0.140. The molecule has 1 amide bonds. The Labute approximate surface area is 139 Å². The highest BCUT2D eigenvalue weighted by Crippen LogP contribution is 2.36. The Kier molecular flexibility index (Phi) is 6.70. The highest BCUT2D eigenvalue weighted by molar-refractivity contribution is 5.85. The number of benzene rings is 1. The molecule has 1 aromatic carbocycles. The Morgan fingerprint density at radius 1 is 1.39 bits per heavy atom. The predicted molar refractivity (Wildman–Crippen MR) is 82.5 cm³/mol. The molecule has 8 heteroatoms. The summed E-state index contributed by atoms with van der Waals surface area (Å²) in [7, 11) is 0. The summed E-state index contributed by atoms with van der Waals surface area (Å²) < 4.78 is 43.7. The number of hydrogen-bond acceptors (Lipinski definition) is 3. The van der Waals surface area contributed by atoms with Crippen molar-refractivity contribution in [3.8, 4) is 5.75 Å². The van der Waals surface area contributed by atoms with Gasteiger partial charge in [-0.2, -0.15) is 13.2 Å². The summed E-state index contributed by atoms with van der Waals surface area (Å²) in [5.74, 6) is -0.403. The van der Waals surface area contributed by atoms with Crippen LogP contribution in [0, 0.1) is 5.92 Å². The molecule has 0 aromatic heterocycles. The molecule has 2 rings (SSSR count). The number of nitrogens with two attached hydrogens (primary N) is 1. The van der Waals surface area contributed by atoms with Gasteiger partial charge in [0.15, 0.2) is 6.10 Å². The number of ether oxygens (including phenoxy) is 1. The van der Waals surface area contributed by atoms with Gasteiger partial charge in [0.05, 0.1) is 5.56 Å². The number of halogens is 4. The topological polar surface area (TPSA) is 64.3 Å². The normalized spacial score (nSPS) is 16.9. The first-order chi connectivity index (χ1) is 10.3. The molecule has 0 spiro atoms. The maximum Gasteiger partial charge on any atom is 0.419 e. The Morgan fingerprint density at radius 3 is 2.57 bits per heavy atom. The lowest BCUT2D eigenvalue weighted by atomic mass is 10.2. The number of rotatable bonds is 6. The van der Waals surface area contributed by atoms with Gasteiger partial charge in [-0.25, -0.2) is 0 Å². The first kappa shape index (κ1) is 19.6. The summed E-state index contributed by atoms with van der Waals surface area (Å²) in [5, 5.41) is 2.61. The third-order valence-corrected chi connectivity index (χ3v) is 3.60. The molecule has 0 heterocycles. The van der Waals surface area contributed by atoms with E-state index in [1.54, 1.807) is 0 Å². The van der Waals surface area contributed by atoms with Crippen LogP contribution in [0.4, 0.5) is 13.2 Å². The number of alkyl halides is 3.